The van der Waals surface area contributed by atoms with E-state index >= 15 is 0 Å². The molecule has 2 aromatic carbocycles. The SMILES string of the molecule is Oc1ccc(SCc2ccc(Br)s2)c2ccccc12. The van der Waals surface area contributed by atoms with Gasteiger partial charge < -0.3 is 5.11 Å². The zero-order valence-electron chi connectivity index (χ0n) is 9.97. The molecule has 0 fully saturated rings. The number of phenols is 1. The number of phenolic OH excluding ortho intramolecular Hbond substituents is 1. The molecule has 0 radical (unpaired) electrons. The first-order valence-corrected chi connectivity index (χ1v) is 8.41. The van der Waals surface area contributed by atoms with E-state index in [-0.39, 0.29) is 0 Å². The lowest BCUT2D eigenvalue weighted by molar-refractivity contribution is 0.481. The van der Waals surface area contributed by atoms with Gasteiger partial charge in [-0.1, -0.05) is 24.3 Å². The number of aromatic hydroxyl groups is 1. The van der Waals surface area contributed by atoms with E-state index in [4.69, 9.17) is 0 Å². The third-order valence-corrected chi connectivity index (χ3v) is 5.79. The van der Waals surface area contributed by atoms with Gasteiger partial charge in [-0.15, -0.1) is 23.1 Å². The normalized spacial score (nSPS) is 11.0. The predicted octanol–water partition coefficient (Wildman–Crippen LogP) is 5.66. The molecule has 0 unspecified atom stereocenters. The molecule has 0 bridgehead atoms. The number of halogens is 1. The first kappa shape index (κ1) is 13.0. The maximum absolute atomic E-state index is 9.87. The van der Waals surface area contributed by atoms with Crippen molar-refractivity contribution >= 4 is 49.8 Å². The van der Waals surface area contributed by atoms with Gasteiger partial charge in [0.05, 0.1) is 3.79 Å². The molecule has 0 atom stereocenters. The lowest BCUT2D eigenvalue weighted by atomic mass is 10.1. The van der Waals surface area contributed by atoms with Gasteiger partial charge in [-0.3, -0.25) is 0 Å². The van der Waals surface area contributed by atoms with Crippen LogP contribution in [0.15, 0.2) is 57.2 Å². The number of hydrogen-bond donors (Lipinski definition) is 1. The Bertz CT molecular complexity index is 721. The molecule has 0 aliphatic heterocycles. The van der Waals surface area contributed by atoms with Crippen LogP contribution in [0.1, 0.15) is 4.88 Å². The molecule has 1 nitrogen and oxygen atoms in total. The summed E-state index contributed by atoms with van der Waals surface area (Å²) in [6, 6.07) is 16.0. The second-order valence-corrected chi connectivity index (χ2v) is 7.69. The number of hydrogen-bond acceptors (Lipinski definition) is 3. The van der Waals surface area contributed by atoms with Crippen LogP contribution in [0.3, 0.4) is 0 Å². The van der Waals surface area contributed by atoms with Crippen molar-refractivity contribution < 1.29 is 5.11 Å². The lowest BCUT2D eigenvalue weighted by Crippen LogP contribution is -1.80. The van der Waals surface area contributed by atoms with Crippen molar-refractivity contribution in [3.63, 3.8) is 0 Å². The van der Waals surface area contributed by atoms with Crippen molar-refractivity contribution in [3.8, 4) is 5.75 Å². The fourth-order valence-electron chi connectivity index (χ4n) is 1.96. The molecule has 0 aliphatic rings. The van der Waals surface area contributed by atoms with Gasteiger partial charge in [0.25, 0.3) is 0 Å². The highest BCUT2D eigenvalue weighted by atomic mass is 79.9. The summed E-state index contributed by atoms with van der Waals surface area (Å²) in [6.45, 7) is 0. The van der Waals surface area contributed by atoms with E-state index < -0.39 is 0 Å². The summed E-state index contributed by atoms with van der Waals surface area (Å²) in [5, 5.41) is 11.9. The number of thioether (sulfide) groups is 1. The fourth-order valence-corrected chi connectivity index (χ4v) is 4.54. The fraction of sp³-hybridized carbons (Fsp3) is 0.0667. The van der Waals surface area contributed by atoms with E-state index in [0.717, 1.165) is 16.5 Å². The number of benzene rings is 2. The van der Waals surface area contributed by atoms with Crippen molar-refractivity contribution in [1.82, 2.24) is 0 Å². The maximum atomic E-state index is 9.87. The monoisotopic (exact) mass is 350 g/mol. The first-order valence-electron chi connectivity index (χ1n) is 5.82. The molecule has 0 aliphatic carbocycles. The third-order valence-electron chi connectivity index (χ3n) is 2.86. The van der Waals surface area contributed by atoms with Gasteiger partial charge in [0, 0.05) is 20.9 Å². The van der Waals surface area contributed by atoms with Crippen LogP contribution in [-0.2, 0) is 5.75 Å². The van der Waals surface area contributed by atoms with Crippen molar-refractivity contribution in [1.29, 1.82) is 0 Å². The highest BCUT2D eigenvalue weighted by Crippen LogP contribution is 2.36. The van der Waals surface area contributed by atoms with Crippen LogP contribution in [0.25, 0.3) is 10.8 Å². The minimum Gasteiger partial charge on any atom is -0.507 e. The largest absolute Gasteiger partial charge is 0.507 e. The highest BCUT2D eigenvalue weighted by Gasteiger charge is 2.06. The summed E-state index contributed by atoms with van der Waals surface area (Å²) in [4.78, 5) is 2.55. The smallest absolute Gasteiger partial charge is 0.123 e. The van der Waals surface area contributed by atoms with Crippen LogP contribution in [0.2, 0.25) is 0 Å². The van der Waals surface area contributed by atoms with Gasteiger partial charge in [0.1, 0.15) is 5.75 Å². The standard InChI is InChI=1S/C15H11BrOS2/c16-15-8-5-10(19-15)9-18-14-7-6-13(17)11-3-1-2-4-12(11)14/h1-8,17H,9H2. The maximum Gasteiger partial charge on any atom is 0.123 e. The van der Waals surface area contributed by atoms with Crippen LogP contribution in [0.4, 0.5) is 0 Å². The van der Waals surface area contributed by atoms with E-state index in [1.807, 2.05) is 24.3 Å². The van der Waals surface area contributed by atoms with Crippen LogP contribution in [0, 0.1) is 0 Å². The minimum atomic E-state index is 0.346. The number of fused-ring (bicyclic) bond motifs is 1. The Balaban J connectivity index is 1.91. The van der Waals surface area contributed by atoms with Gasteiger partial charge in [-0.2, -0.15) is 0 Å². The minimum absolute atomic E-state index is 0.346. The van der Waals surface area contributed by atoms with Crippen LogP contribution in [0.5, 0.6) is 5.75 Å². The van der Waals surface area contributed by atoms with Crippen LogP contribution < -0.4 is 0 Å². The van der Waals surface area contributed by atoms with Crippen molar-refractivity contribution in [2.45, 2.75) is 10.6 Å². The second-order valence-electron chi connectivity index (χ2n) is 4.12. The van der Waals surface area contributed by atoms with E-state index in [1.165, 1.54) is 13.6 Å². The van der Waals surface area contributed by atoms with Crippen LogP contribution >= 0.6 is 39.0 Å². The van der Waals surface area contributed by atoms with E-state index in [9.17, 15) is 5.11 Å². The third kappa shape index (κ3) is 2.81. The average Bonchev–Trinajstić information content (AvgIpc) is 2.84. The quantitative estimate of drug-likeness (QED) is 0.614. The van der Waals surface area contributed by atoms with Crippen molar-refractivity contribution in [2.75, 3.05) is 0 Å². The lowest BCUT2D eigenvalue weighted by Gasteiger charge is -2.07. The van der Waals surface area contributed by atoms with E-state index in [1.54, 1.807) is 29.2 Å². The van der Waals surface area contributed by atoms with Gasteiger partial charge in [-0.05, 0) is 45.6 Å². The molecule has 4 heteroatoms. The summed E-state index contributed by atoms with van der Waals surface area (Å²) < 4.78 is 1.17. The molecule has 19 heavy (non-hydrogen) atoms. The van der Waals surface area contributed by atoms with Crippen LogP contribution in [-0.4, -0.2) is 5.11 Å². The molecule has 0 amide bonds. The summed E-state index contributed by atoms with van der Waals surface area (Å²) in [5.74, 6) is 1.30. The Morgan fingerprint density at radius 1 is 1.00 bits per heavy atom. The Morgan fingerprint density at radius 2 is 1.79 bits per heavy atom. The van der Waals surface area contributed by atoms with Gasteiger partial charge in [-0.25, -0.2) is 0 Å². The van der Waals surface area contributed by atoms with Gasteiger partial charge >= 0.3 is 0 Å². The Hall–Kier alpha value is -0.970. The molecular weight excluding hydrogens is 340 g/mol. The topological polar surface area (TPSA) is 20.2 Å². The summed E-state index contributed by atoms with van der Waals surface area (Å²) >= 11 is 7.05. The van der Waals surface area contributed by atoms with Gasteiger partial charge in [0.2, 0.25) is 0 Å². The number of thiophene rings is 1. The molecule has 96 valence electrons. The van der Waals surface area contributed by atoms with Crippen molar-refractivity contribution in [3.05, 3.63) is 57.2 Å². The molecule has 0 spiro atoms. The van der Waals surface area contributed by atoms with E-state index in [2.05, 4.69) is 34.1 Å². The molecule has 1 N–H and O–H groups in total. The Kier molecular flexibility index (Phi) is 3.82. The molecule has 1 aromatic heterocycles. The highest BCUT2D eigenvalue weighted by molar-refractivity contribution is 9.11. The molecule has 3 aromatic rings. The zero-order chi connectivity index (χ0) is 13.2. The molecule has 3 rings (SSSR count). The summed E-state index contributed by atoms with van der Waals surface area (Å²) in [6.07, 6.45) is 0. The Labute approximate surface area is 128 Å². The summed E-state index contributed by atoms with van der Waals surface area (Å²) in [5.41, 5.74) is 0. The second kappa shape index (κ2) is 5.57. The summed E-state index contributed by atoms with van der Waals surface area (Å²) in [7, 11) is 0. The first-order chi connectivity index (χ1) is 9.24. The molecule has 0 saturated heterocycles. The Morgan fingerprint density at radius 3 is 2.53 bits per heavy atom. The van der Waals surface area contributed by atoms with E-state index in [0.29, 0.717) is 5.75 Å². The number of rotatable bonds is 3. The molecular formula is C15H11BrOS2. The molecule has 1 heterocycles. The predicted molar refractivity (Wildman–Crippen MR) is 87.2 cm³/mol. The molecule has 0 saturated carbocycles. The van der Waals surface area contributed by atoms with Gasteiger partial charge in [0.15, 0.2) is 0 Å². The average molecular weight is 351 g/mol. The van der Waals surface area contributed by atoms with Crippen molar-refractivity contribution in [2.24, 2.45) is 0 Å². The zero-order valence-corrected chi connectivity index (χ0v) is 13.2.